The van der Waals surface area contributed by atoms with Crippen molar-refractivity contribution in [3.63, 3.8) is 0 Å². The predicted molar refractivity (Wildman–Crippen MR) is 116 cm³/mol. The van der Waals surface area contributed by atoms with Gasteiger partial charge < -0.3 is 14.4 Å². The van der Waals surface area contributed by atoms with Crippen LogP contribution < -0.4 is 4.90 Å². The summed E-state index contributed by atoms with van der Waals surface area (Å²) in [5, 5.41) is 11.0. The third-order valence-corrected chi connectivity index (χ3v) is 5.28. The predicted octanol–water partition coefficient (Wildman–Crippen LogP) is 2.03. The summed E-state index contributed by atoms with van der Waals surface area (Å²) in [6.45, 7) is 3.00. The molecular weight excluding hydrogens is 432 g/mol. The zero-order chi connectivity index (χ0) is 24.2. The Morgan fingerprint density at radius 3 is 2.15 bits per heavy atom. The van der Waals surface area contributed by atoms with Gasteiger partial charge in [-0.1, -0.05) is 30.3 Å². The van der Waals surface area contributed by atoms with Gasteiger partial charge in [0.15, 0.2) is 6.04 Å². The minimum Gasteiger partial charge on any atom is -0.464 e. The summed E-state index contributed by atoms with van der Waals surface area (Å²) in [4.78, 5) is 64.1. The lowest BCUT2D eigenvalue weighted by molar-refractivity contribution is -0.384. The highest BCUT2D eigenvalue weighted by Gasteiger charge is 2.66. The molecule has 1 saturated heterocycles. The molecule has 2 aromatic rings. The smallest absolute Gasteiger partial charge is 0.340 e. The van der Waals surface area contributed by atoms with Crippen molar-refractivity contribution in [1.82, 2.24) is 0 Å². The van der Waals surface area contributed by atoms with E-state index in [2.05, 4.69) is 0 Å². The average molecular weight is 454 g/mol. The van der Waals surface area contributed by atoms with Crippen molar-refractivity contribution in [2.24, 2.45) is 0 Å². The Balaban J connectivity index is 2.22. The first-order chi connectivity index (χ1) is 15.8. The molecule has 0 spiro atoms. The molecule has 10 nitrogen and oxygen atoms in total. The van der Waals surface area contributed by atoms with E-state index in [0.29, 0.717) is 5.56 Å². The summed E-state index contributed by atoms with van der Waals surface area (Å²) in [5.74, 6) is -4.17. The second-order valence-corrected chi connectivity index (χ2v) is 7.23. The molecule has 0 saturated carbocycles. The first-order valence-electron chi connectivity index (χ1n) is 10.3. The molecule has 1 heterocycles. The summed E-state index contributed by atoms with van der Waals surface area (Å²) < 4.78 is 10.2. The van der Waals surface area contributed by atoms with Crippen LogP contribution >= 0.6 is 0 Å². The van der Waals surface area contributed by atoms with Gasteiger partial charge in [0.05, 0.1) is 18.1 Å². The van der Waals surface area contributed by atoms with E-state index in [9.17, 15) is 29.3 Å². The number of nitrogens with zero attached hydrogens (tertiary/aromatic N) is 2. The molecule has 0 bridgehead atoms. The Labute approximate surface area is 189 Å². The molecule has 0 radical (unpaired) electrons. The fraction of sp³-hybridized carbons (Fsp3) is 0.304. The largest absolute Gasteiger partial charge is 0.464 e. The number of hydrogen-bond acceptors (Lipinski definition) is 9. The highest BCUT2D eigenvalue weighted by Crippen LogP contribution is 2.38. The number of non-ortho nitro benzene ring substituents is 1. The number of rotatable bonds is 8. The third kappa shape index (κ3) is 4.19. The van der Waals surface area contributed by atoms with Crippen molar-refractivity contribution in [3.05, 3.63) is 70.3 Å². The van der Waals surface area contributed by atoms with Crippen molar-refractivity contribution < 1.29 is 33.6 Å². The molecule has 1 fully saturated rings. The van der Waals surface area contributed by atoms with Crippen molar-refractivity contribution >= 4 is 34.9 Å². The standard InChI is InChI=1S/C23H22N2O8/c1-3-32-21(28)18-19(26)20(27)23(22(29)33-4-2,24(18)16-8-6-5-7-9-16)14-15-10-12-17(13-11-15)25(30)31/h5-13,18H,3-4,14H2,1-2H3. The average Bonchev–Trinajstić information content (AvgIpc) is 3.03. The Morgan fingerprint density at radius 1 is 1.00 bits per heavy atom. The summed E-state index contributed by atoms with van der Waals surface area (Å²) in [6.07, 6.45) is -0.348. The number of benzene rings is 2. The number of anilines is 1. The van der Waals surface area contributed by atoms with Crippen LogP contribution in [0.4, 0.5) is 11.4 Å². The van der Waals surface area contributed by atoms with Crippen molar-refractivity contribution in [3.8, 4) is 0 Å². The molecule has 33 heavy (non-hydrogen) atoms. The van der Waals surface area contributed by atoms with E-state index in [1.165, 1.54) is 24.3 Å². The fourth-order valence-corrected chi connectivity index (χ4v) is 3.88. The van der Waals surface area contributed by atoms with Gasteiger partial charge in [-0.25, -0.2) is 9.59 Å². The number of nitro benzene ring substituents is 1. The monoisotopic (exact) mass is 454 g/mol. The lowest BCUT2D eigenvalue weighted by atomic mass is 9.86. The first-order valence-corrected chi connectivity index (χ1v) is 10.3. The number of nitro groups is 1. The molecule has 2 atom stereocenters. The van der Waals surface area contributed by atoms with Crippen LogP contribution in [-0.4, -0.2) is 53.2 Å². The highest BCUT2D eigenvalue weighted by atomic mass is 16.6. The van der Waals surface area contributed by atoms with Gasteiger partial charge in [-0.2, -0.15) is 0 Å². The lowest BCUT2D eigenvalue weighted by Gasteiger charge is -2.37. The third-order valence-electron chi connectivity index (χ3n) is 5.28. The first kappa shape index (κ1) is 23.6. The normalized spacial score (nSPS) is 19.9. The molecular formula is C23H22N2O8. The number of esters is 2. The van der Waals surface area contributed by atoms with Gasteiger partial charge >= 0.3 is 11.9 Å². The maximum Gasteiger partial charge on any atom is 0.340 e. The van der Waals surface area contributed by atoms with Crippen LogP contribution in [-0.2, 0) is 35.1 Å². The molecule has 0 N–H and O–H groups in total. The summed E-state index contributed by atoms with van der Waals surface area (Å²) in [6, 6.07) is 11.6. The van der Waals surface area contributed by atoms with Gasteiger partial charge in [0.2, 0.25) is 17.1 Å². The van der Waals surface area contributed by atoms with E-state index in [-0.39, 0.29) is 31.0 Å². The van der Waals surface area contributed by atoms with Gasteiger partial charge in [-0.3, -0.25) is 19.7 Å². The minimum atomic E-state index is -2.19. The van der Waals surface area contributed by atoms with Crippen molar-refractivity contribution in [2.45, 2.75) is 31.8 Å². The number of carbonyl (C=O) groups excluding carboxylic acids is 4. The van der Waals surface area contributed by atoms with E-state index in [0.717, 1.165) is 4.90 Å². The molecule has 0 amide bonds. The van der Waals surface area contributed by atoms with Gasteiger partial charge in [-0.15, -0.1) is 0 Å². The van der Waals surface area contributed by atoms with Crippen molar-refractivity contribution in [2.75, 3.05) is 18.1 Å². The molecule has 0 aliphatic carbocycles. The number of ether oxygens (including phenoxy) is 2. The maximum absolute atomic E-state index is 13.4. The van der Waals surface area contributed by atoms with E-state index in [4.69, 9.17) is 9.47 Å². The Kier molecular flexibility index (Phi) is 6.86. The Hall–Kier alpha value is -4.08. The number of hydrogen-bond donors (Lipinski definition) is 0. The zero-order valence-electron chi connectivity index (χ0n) is 18.1. The fourth-order valence-electron chi connectivity index (χ4n) is 3.88. The minimum absolute atomic E-state index is 0.0335. The molecule has 2 aromatic carbocycles. The Morgan fingerprint density at radius 2 is 1.61 bits per heavy atom. The van der Waals surface area contributed by atoms with E-state index < -0.39 is 40.0 Å². The van der Waals surface area contributed by atoms with Crippen LogP contribution in [0.1, 0.15) is 19.4 Å². The quantitative estimate of drug-likeness (QED) is 0.193. The topological polar surface area (TPSA) is 133 Å². The van der Waals surface area contributed by atoms with Gasteiger partial charge in [-0.05, 0) is 31.5 Å². The molecule has 3 rings (SSSR count). The highest BCUT2D eigenvalue weighted by molar-refractivity contribution is 6.54. The van der Waals surface area contributed by atoms with E-state index in [1.54, 1.807) is 44.2 Å². The van der Waals surface area contributed by atoms with Crippen LogP contribution in [0.15, 0.2) is 54.6 Å². The van der Waals surface area contributed by atoms with Crippen LogP contribution in [0, 0.1) is 10.1 Å². The number of Topliss-reactive ketones (excluding diaryl/α,β-unsaturated/α-hetero) is 2. The number of para-hydroxylation sites is 1. The van der Waals surface area contributed by atoms with Gasteiger partial charge in [0.1, 0.15) is 0 Å². The second kappa shape index (κ2) is 9.60. The molecule has 1 aliphatic heterocycles. The maximum atomic E-state index is 13.4. The second-order valence-electron chi connectivity index (χ2n) is 7.23. The molecule has 0 aromatic heterocycles. The SMILES string of the molecule is CCOC(=O)C1C(=O)C(=O)C(Cc2ccc([N+](=O)[O-])cc2)(C(=O)OCC)N1c1ccccc1. The molecule has 10 heteroatoms. The lowest BCUT2D eigenvalue weighted by Crippen LogP contribution is -2.60. The molecule has 2 unspecified atom stereocenters. The molecule has 1 aliphatic rings. The van der Waals surface area contributed by atoms with Crippen molar-refractivity contribution in [1.29, 1.82) is 0 Å². The van der Waals surface area contributed by atoms with Crippen LogP contribution in [0.5, 0.6) is 0 Å². The molecule has 172 valence electrons. The Bertz CT molecular complexity index is 1080. The van der Waals surface area contributed by atoms with Gasteiger partial charge in [0, 0.05) is 24.2 Å². The summed E-state index contributed by atoms with van der Waals surface area (Å²) in [5.41, 5.74) is -1.74. The zero-order valence-corrected chi connectivity index (χ0v) is 18.1. The summed E-state index contributed by atoms with van der Waals surface area (Å²) >= 11 is 0. The number of ketones is 2. The van der Waals surface area contributed by atoms with E-state index >= 15 is 0 Å². The van der Waals surface area contributed by atoms with E-state index in [1.807, 2.05) is 0 Å². The van der Waals surface area contributed by atoms with Crippen LogP contribution in [0.25, 0.3) is 0 Å². The van der Waals surface area contributed by atoms with Gasteiger partial charge in [0.25, 0.3) is 5.69 Å². The number of carbonyl (C=O) groups is 4. The van der Waals surface area contributed by atoms with Crippen LogP contribution in [0.2, 0.25) is 0 Å². The van der Waals surface area contributed by atoms with Crippen LogP contribution in [0.3, 0.4) is 0 Å². The summed E-state index contributed by atoms with van der Waals surface area (Å²) in [7, 11) is 0.